The predicted molar refractivity (Wildman–Crippen MR) is 128 cm³/mol. The van der Waals surface area contributed by atoms with Crippen LogP contribution in [0, 0.1) is 12.7 Å². The lowest BCUT2D eigenvalue weighted by Crippen LogP contribution is -2.42. The molecule has 0 spiro atoms. The highest BCUT2D eigenvalue weighted by Gasteiger charge is 2.17. The van der Waals surface area contributed by atoms with Gasteiger partial charge in [-0.05, 0) is 48.9 Å². The molecular weight excluding hydrogens is 453 g/mol. The van der Waals surface area contributed by atoms with E-state index in [0.29, 0.717) is 28.7 Å². The molecule has 34 heavy (non-hydrogen) atoms. The van der Waals surface area contributed by atoms with Crippen LogP contribution in [0.5, 0.6) is 0 Å². The molecule has 4 rings (SSSR count). The van der Waals surface area contributed by atoms with Crippen molar-refractivity contribution in [2.24, 2.45) is 0 Å². The average Bonchev–Trinajstić information content (AvgIpc) is 3.25. The summed E-state index contributed by atoms with van der Waals surface area (Å²) >= 11 is 1.19. The van der Waals surface area contributed by atoms with Gasteiger partial charge in [-0.25, -0.2) is 4.39 Å². The standard InChI is InChI=1S/C25H22FN5O2S/c1-17-7-9-20(10-8-17)24(33)29-27-22(32)16-34-25-30-28-23(19-11-13-21(26)14-12-19)31(25)15-18-5-3-2-4-6-18/h2-14H,15-16H2,1H3,(H,27,32)(H,29,33). The van der Waals surface area contributed by atoms with Crippen LogP contribution >= 0.6 is 11.8 Å². The van der Waals surface area contributed by atoms with Crippen molar-refractivity contribution in [2.75, 3.05) is 5.75 Å². The SMILES string of the molecule is Cc1ccc(C(=O)NNC(=O)CSc2nnc(-c3ccc(F)cc3)n2Cc2ccccc2)cc1. The van der Waals surface area contributed by atoms with E-state index in [1.807, 2.05) is 54.0 Å². The highest BCUT2D eigenvalue weighted by Crippen LogP contribution is 2.25. The van der Waals surface area contributed by atoms with Gasteiger partial charge in [-0.3, -0.25) is 25.0 Å². The second kappa shape index (κ2) is 10.8. The molecule has 172 valence electrons. The zero-order chi connectivity index (χ0) is 23.9. The summed E-state index contributed by atoms with van der Waals surface area (Å²) in [6.45, 7) is 2.41. The topological polar surface area (TPSA) is 88.9 Å². The lowest BCUT2D eigenvalue weighted by Gasteiger charge is -2.11. The highest BCUT2D eigenvalue weighted by atomic mass is 32.2. The Labute approximate surface area is 200 Å². The Kier molecular flexibility index (Phi) is 7.34. The molecule has 0 saturated heterocycles. The number of hydrogen-bond donors (Lipinski definition) is 2. The van der Waals surface area contributed by atoms with Crippen LogP contribution in [0.4, 0.5) is 4.39 Å². The van der Waals surface area contributed by atoms with Gasteiger partial charge in [0.2, 0.25) is 5.91 Å². The predicted octanol–water partition coefficient (Wildman–Crippen LogP) is 3.99. The molecule has 7 nitrogen and oxygen atoms in total. The van der Waals surface area contributed by atoms with Gasteiger partial charge in [-0.1, -0.05) is 59.8 Å². The molecule has 0 aliphatic heterocycles. The maximum Gasteiger partial charge on any atom is 0.269 e. The number of benzene rings is 3. The quantitative estimate of drug-likeness (QED) is 0.312. The first-order valence-corrected chi connectivity index (χ1v) is 11.5. The van der Waals surface area contributed by atoms with Crippen LogP contribution in [0.2, 0.25) is 0 Å². The normalized spacial score (nSPS) is 10.6. The van der Waals surface area contributed by atoms with Crippen molar-refractivity contribution in [1.82, 2.24) is 25.6 Å². The summed E-state index contributed by atoms with van der Waals surface area (Å²) in [6.07, 6.45) is 0. The molecule has 0 aliphatic carbocycles. The number of carbonyl (C=O) groups is 2. The maximum absolute atomic E-state index is 13.4. The Bertz CT molecular complexity index is 1280. The van der Waals surface area contributed by atoms with Crippen molar-refractivity contribution < 1.29 is 14.0 Å². The summed E-state index contributed by atoms with van der Waals surface area (Å²) in [5.41, 5.74) is 8.07. The molecule has 4 aromatic rings. The molecule has 3 aromatic carbocycles. The van der Waals surface area contributed by atoms with E-state index in [-0.39, 0.29) is 17.5 Å². The largest absolute Gasteiger partial charge is 0.298 e. The van der Waals surface area contributed by atoms with Crippen molar-refractivity contribution >= 4 is 23.6 Å². The molecule has 0 bridgehead atoms. The maximum atomic E-state index is 13.4. The number of rotatable bonds is 7. The number of nitrogens with zero attached hydrogens (tertiary/aromatic N) is 3. The van der Waals surface area contributed by atoms with E-state index < -0.39 is 5.91 Å². The number of halogens is 1. The molecule has 0 aliphatic rings. The Balaban J connectivity index is 1.44. The minimum absolute atomic E-state index is 0.0184. The van der Waals surface area contributed by atoms with Crippen LogP contribution < -0.4 is 10.9 Å². The van der Waals surface area contributed by atoms with Crippen LogP contribution in [0.15, 0.2) is 84.0 Å². The fourth-order valence-electron chi connectivity index (χ4n) is 3.19. The molecule has 1 heterocycles. The van der Waals surface area contributed by atoms with Crippen molar-refractivity contribution in [3.8, 4) is 11.4 Å². The first-order chi connectivity index (χ1) is 16.5. The van der Waals surface area contributed by atoms with Crippen LogP contribution in [0.25, 0.3) is 11.4 Å². The van der Waals surface area contributed by atoms with Crippen LogP contribution in [0.3, 0.4) is 0 Å². The van der Waals surface area contributed by atoms with Gasteiger partial charge >= 0.3 is 0 Å². The fraction of sp³-hybridized carbons (Fsp3) is 0.120. The van der Waals surface area contributed by atoms with E-state index in [2.05, 4.69) is 21.0 Å². The summed E-state index contributed by atoms with van der Waals surface area (Å²) in [6, 6.07) is 22.8. The van der Waals surface area contributed by atoms with Gasteiger partial charge in [0.25, 0.3) is 5.91 Å². The zero-order valence-electron chi connectivity index (χ0n) is 18.4. The van der Waals surface area contributed by atoms with Gasteiger partial charge in [-0.2, -0.15) is 0 Å². The molecule has 0 radical (unpaired) electrons. The third-order valence-corrected chi connectivity index (χ3v) is 5.93. The molecule has 0 atom stereocenters. The lowest BCUT2D eigenvalue weighted by molar-refractivity contribution is -0.119. The number of carbonyl (C=O) groups excluding carboxylic acids is 2. The molecule has 0 saturated carbocycles. The third-order valence-electron chi connectivity index (χ3n) is 4.96. The summed E-state index contributed by atoms with van der Waals surface area (Å²) in [5.74, 6) is -0.534. The first kappa shape index (κ1) is 23.2. The zero-order valence-corrected chi connectivity index (χ0v) is 19.2. The Morgan fingerprint density at radius 3 is 2.32 bits per heavy atom. The molecule has 0 fully saturated rings. The molecule has 9 heteroatoms. The lowest BCUT2D eigenvalue weighted by atomic mass is 10.1. The number of aromatic nitrogens is 3. The number of aryl methyl sites for hydroxylation is 1. The minimum Gasteiger partial charge on any atom is -0.298 e. The molecule has 1 aromatic heterocycles. The van der Waals surface area contributed by atoms with E-state index >= 15 is 0 Å². The summed E-state index contributed by atoms with van der Waals surface area (Å²) < 4.78 is 15.3. The van der Waals surface area contributed by atoms with Gasteiger partial charge in [0.1, 0.15) is 5.82 Å². The number of thioether (sulfide) groups is 1. The number of amides is 2. The summed E-state index contributed by atoms with van der Waals surface area (Å²) in [4.78, 5) is 24.5. The first-order valence-electron chi connectivity index (χ1n) is 10.5. The number of nitrogens with one attached hydrogen (secondary N) is 2. The van der Waals surface area contributed by atoms with Gasteiger partial charge in [0, 0.05) is 11.1 Å². The van der Waals surface area contributed by atoms with Gasteiger partial charge < -0.3 is 0 Å². The van der Waals surface area contributed by atoms with E-state index in [9.17, 15) is 14.0 Å². The second-order valence-electron chi connectivity index (χ2n) is 7.54. The molecule has 2 N–H and O–H groups in total. The Morgan fingerprint density at radius 1 is 0.912 bits per heavy atom. The van der Waals surface area contributed by atoms with Crippen LogP contribution in [0.1, 0.15) is 21.5 Å². The van der Waals surface area contributed by atoms with Crippen molar-refractivity contribution in [3.63, 3.8) is 0 Å². The van der Waals surface area contributed by atoms with Gasteiger partial charge in [0.05, 0.1) is 12.3 Å². The number of hydrogen-bond acceptors (Lipinski definition) is 5. The van der Waals surface area contributed by atoms with Crippen molar-refractivity contribution in [3.05, 3.63) is 101 Å². The summed E-state index contributed by atoms with van der Waals surface area (Å²) in [5, 5.41) is 9.06. The van der Waals surface area contributed by atoms with Crippen molar-refractivity contribution in [2.45, 2.75) is 18.6 Å². The van der Waals surface area contributed by atoms with E-state index in [1.165, 1.54) is 23.9 Å². The third kappa shape index (κ3) is 5.87. The monoisotopic (exact) mass is 475 g/mol. The van der Waals surface area contributed by atoms with Crippen molar-refractivity contribution in [1.29, 1.82) is 0 Å². The van der Waals surface area contributed by atoms with Gasteiger partial charge in [0.15, 0.2) is 11.0 Å². The minimum atomic E-state index is -0.399. The average molecular weight is 476 g/mol. The molecule has 2 amide bonds. The Morgan fingerprint density at radius 2 is 1.62 bits per heavy atom. The highest BCUT2D eigenvalue weighted by molar-refractivity contribution is 7.99. The van der Waals surface area contributed by atoms with Gasteiger partial charge in [-0.15, -0.1) is 10.2 Å². The Hall–Kier alpha value is -3.98. The van der Waals surface area contributed by atoms with E-state index in [4.69, 9.17) is 0 Å². The number of hydrazine groups is 1. The summed E-state index contributed by atoms with van der Waals surface area (Å²) in [7, 11) is 0. The molecular formula is C25H22FN5O2S. The van der Waals surface area contributed by atoms with E-state index in [0.717, 1.165) is 11.1 Å². The van der Waals surface area contributed by atoms with E-state index in [1.54, 1.807) is 24.3 Å². The van der Waals surface area contributed by atoms with Crippen LogP contribution in [-0.2, 0) is 11.3 Å². The smallest absolute Gasteiger partial charge is 0.269 e. The van der Waals surface area contributed by atoms with Crippen LogP contribution in [-0.4, -0.2) is 32.3 Å². The second-order valence-corrected chi connectivity index (χ2v) is 8.48. The fourth-order valence-corrected chi connectivity index (χ4v) is 3.92. The molecule has 0 unspecified atom stereocenters.